The van der Waals surface area contributed by atoms with E-state index in [1.807, 2.05) is 24.3 Å². The van der Waals surface area contributed by atoms with Crippen molar-refractivity contribution in [1.82, 2.24) is 9.97 Å². The Kier molecular flexibility index (Phi) is 4.80. The Labute approximate surface area is 147 Å². The van der Waals surface area contributed by atoms with Crippen LogP contribution in [0.25, 0.3) is 11.0 Å². The van der Waals surface area contributed by atoms with Crippen LogP contribution in [0.15, 0.2) is 58.8 Å². The van der Waals surface area contributed by atoms with Gasteiger partial charge in [-0.3, -0.25) is 4.79 Å². The van der Waals surface area contributed by atoms with Gasteiger partial charge in [0.1, 0.15) is 5.71 Å². The van der Waals surface area contributed by atoms with Crippen LogP contribution in [0.1, 0.15) is 15.9 Å². The molecular formula is C17H14N4O3S. The van der Waals surface area contributed by atoms with Crippen LogP contribution in [-0.2, 0) is 4.79 Å². The summed E-state index contributed by atoms with van der Waals surface area (Å²) in [6.07, 6.45) is 0. The minimum Gasteiger partial charge on any atom is -0.478 e. The number of aromatic carboxylic acids is 1. The molecule has 0 fully saturated rings. The molecule has 3 aromatic rings. The molecule has 0 aliphatic carbocycles. The van der Waals surface area contributed by atoms with Gasteiger partial charge in [0.25, 0.3) is 0 Å². The maximum atomic E-state index is 12.5. The fraction of sp³-hybridized carbons (Fsp3) is 0.0588. The van der Waals surface area contributed by atoms with Gasteiger partial charge in [0.05, 0.1) is 22.3 Å². The molecule has 2 aromatic carbocycles. The highest BCUT2D eigenvalue weighted by Crippen LogP contribution is 2.20. The minimum atomic E-state index is -1.14. The lowest BCUT2D eigenvalue weighted by molar-refractivity contribution is -0.110. The van der Waals surface area contributed by atoms with Gasteiger partial charge in [-0.25, -0.2) is 9.78 Å². The van der Waals surface area contributed by atoms with Gasteiger partial charge in [-0.2, -0.15) is 5.10 Å². The molecule has 0 saturated carbocycles. The molecule has 0 saturated heterocycles. The van der Waals surface area contributed by atoms with Crippen LogP contribution in [0, 0.1) is 0 Å². The van der Waals surface area contributed by atoms with E-state index < -0.39 is 5.97 Å². The van der Waals surface area contributed by atoms with Crippen LogP contribution in [0.3, 0.4) is 0 Å². The fourth-order valence-electron chi connectivity index (χ4n) is 2.37. The Morgan fingerprint density at radius 1 is 1.12 bits per heavy atom. The Morgan fingerprint density at radius 3 is 2.48 bits per heavy atom. The van der Waals surface area contributed by atoms with Gasteiger partial charge in [0, 0.05) is 5.56 Å². The van der Waals surface area contributed by atoms with E-state index in [9.17, 15) is 14.7 Å². The summed E-state index contributed by atoms with van der Waals surface area (Å²) in [5.74, 6) is 3.86. The number of aromatic nitrogens is 2. The van der Waals surface area contributed by atoms with Gasteiger partial charge in [0.2, 0.25) is 0 Å². The summed E-state index contributed by atoms with van der Waals surface area (Å²) < 4.78 is 0. The molecule has 126 valence electrons. The first-order valence-electron chi connectivity index (χ1n) is 7.31. The van der Waals surface area contributed by atoms with Gasteiger partial charge >= 0.3 is 5.97 Å². The number of rotatable bonds is 6. The number of hydrogen-bond donors (Lipinski definition) is 3. The third-order valence-electron chi connectivity index (χ3n) is 3.51. The number of nitrogens with two attached hydrogens (primary N) is 1. The Bertz CT molecular complexity index is 948. The number of nitrogens with zero attached hydrogens (tertiary/aromatic N) is 2. The molecule has 25 heavy (non-hydrogen) atoms. The van der Waals surface area contributed by atoms with Crippen LogP contribution in [0.4, 0.5) is 0 Å². The Balaban J connectivity index is 1.78. The fourth-order valence-corrected chi connectivity index (χ4v) is 3.12. The van der Waals surface area contributed by atoms with Crippen LogP contribution < -0.4 is 5.84 Å². The van der Waals surface area contributed by atoms with E-state index in [-0.39, 0.29) is 28.4 Å². The van der Waals surface area contributed by atoms with Crippen molar-refractivity contribution in [2.75, 3.05) is 5.75 Å². The lowest BCUT2D eigenvalue weighted by Crippen LogP contribution is -2.22. The van der Waals surface area contributed by atoms with E-state index >= 15 is 0 Å². The Hall–Kier alpha value is -3.13. The first-order chi connectivity index (χ1) is 12.1. The number of H-pyrrole nitrogens is 1. The largest absolute Gasteiger partial charge is 0.478 e. The molecule has 0 bridgehead atoms. The zero-order chi connectivity index (χ0) is 17.8. The minimum absolute atomic E-state index is 0.0196. The van der Waals surface area contributed by atoms with E-state index in [4.69, 9.17) is 5.84 Å². The van der Waals surface area contributed by atoms with Crippen LogP contribution in [-0.4, -0.2) is 38.3 Å². The molecule has 0 aliphatic heterocycles. The monoisotopic (exact) mass is 354 g/mol. The number of fused-ring (bicyclic) bond motifs is 1. The van der Waals surface area contributed by atoms with Crippen LogP contribution in [0.2, 0.25) is 0 Å². The average Bonchev–Trinajstić information content (AvgIpc) is 3.04. The third-order valence-corrected chi connectivity index (χ3v) is 4.39. The van der Waals surface area contributed by atoms with Gasteiger partial charge in [-0.1, -0.05) is 42.1 Å². The number of carbonyl (C=O) groups is 2. The molecule has 1 aromatic heterocycles. The number of Topliss-reactive ketones (excluding diaryl/α,β-unsaturated/α-hetero) is 1. The summed E-state index contributed by atoms with van der Waals surface area (Å²) in [5, 5.41) is 13.4. The lowest BCUT2D eigenvalue weighted by atomic mass is 10.0. The molecule has 1 heterocycles. The smallest absolute Gasteiger partial charge is 0.336 e. The van der Waals surface area contributed by atoms with Crippen molar-refractivity contribution in [2.24, 2.45) is 10.9 Å². The van der Waals surface area contributed by atoms with Crippen molar-refractivity contribution in [3.05, 3.63) is 59.7 Å². The molecule has 4 N–H and O–H groups in total. The number of carboxylic acids is 1. The molecule has 0 spiro atoms. The van der Waals surface area contributed by atoms with Crippen molar-refractivity contribution in [3.63, 3.8) is 0 Å². The summed E-state index contributed by atoms with van der Waals surface area (Å²) >= 11 is 1.21. The molecule has 0 aliphatic rings. The predicted molar refractivity (Wildman–Crippen MR) is 96.0 cm³/mol. The highest BCUT2D eigenvalue weighted by Gasteiger charge is 2.20. The number of ketones is 1. The quantitative estimate of drug-likeness (QED) is 0.270. The number of para-hydroxylation sites is 2. The summed E-state index contributed by atoms with van der Waals surface area (Å²) in [7, 11) is 0. The maximum absolute atomic E-state index is 12.5. The second-order valence-corrected chi connectivity index (χ2v) is 6.06. The van der Waals surface area contributed by atoms with Gasteiger partial charge in [0.15, 0.2) is 10.9 Å². The van der Waals surface area contributed by atoms with Crippen molar-refractivity contribution < 1.29 is 14.7 Å². The van der Waals surface area contributed by atoms with Gasteiger partial charge in [-0.15, -0.1) is 0 Å². The zero-order valence-electron chi connectivity index (χ0n) is 13.0. The van der Waals surface area contributed by atoms with Crippen LogP contribution >= 0.6 is 11.8 Å². The number of hydrogen-bond acceptors (Lipinski definition) is 6. The second-order valence-electron chi connectivity index (χ2n) is 5.10. The highest BCUT2D eigenvalue weighted by atomic mass is 32.2. The van der Waals surface area contributed by atoms with Crippen LogP contribution in [0.5, 0.6) is 0 Å². The first-order valence-corrected chi connectivity index (χ1v) is 8.30. The summed E-state index contributed by atoms with van der Waals surface area (Å²) in [6, 6.07) is 13.7. The second kappa shape index (κ2) is 7.18. The maximum Gasteiger partial charge on any atom is 0.336 e. The highest BCUT2D eigenvalue weighted by molar-refractivity contribution is 7.99. The lowest BCUT2D eigenvalue weighted by Gasteiger charge is -2.07. The first kappa shape index (κ1) is 16.7. The number of aromatic amines is 1. The summed E-state index contributed by atoms with van der Waals surface area (Å²) in [4.78, 5) is 31.3. The third kappa shape index (κ3) is 3.53. The molecule has 0 unspecified atom stereocenters. The number of carbonyl (C=O) groups excluding carboxylic acids is 1. The van der Waals surface area contributed by atoms with Crippen molar-refractivity contribution >= 4 is 40.3 Å². The number of benzene rings is 2. The predicted octanol–water partition coefficient (Wildman–Crippen LogP) is 2.29. The topological polar surface area (TPSA) is 121 Å². The summed E-state index contributed by atoms with van der Waals surface area (Å²) in [6.45, 7) is 0. The normalized spacial score (nSPS) is 11.6. The number of hydrazone groups is 1. The molecule has 0 radical (unpaired) electrons. The molecule has 7 nitrogen and oxygen atoms in total. The Morgan fingerprint density at radius 2 is 1.80 bits per heavy atom. The molecular weight excluding hydrogens is 340 g/mol. The van der Waals surface area contributed by atoms with Crippen molar-refractivity contribution in [3.8, 4) is 0 Å². The van der Waals surface area contributed by atoms with E-state index in [0.717, 1.165) is 11.0 Å². The number of thioether (sulfide) groups is 1. The molecule has 8 heteroatoms. The van der Waals surface area contributed by atoms with E-state index in [1.54, 1.807) is 12.1 Å². The molecule has 0 atom stereocenters. The van der Waals surface area contributed by atoms with E-state index in [0.29, 0.717) is 5.16 Å². The SMILES string of the molecule is N/N=C(/C(=O)CSc1nc2ccccc2[nH]1)c1ccccc1C(=O)O. The zero-order valence-corrected chi connectivity index (χ0v) is 13.8. The van der Waals surface area contributed by atoms with Crippen molar-refractivity contribution in [1.29, 1.82) is 0 Å². The molecule has 3 rings (SSSR count). The molecule has 0 amide bonds. The number of carboxylic acid groups (broad SMARTS) is 1. The average molecular weight is 354 g/mol. The van der Waals surface area contributed by atoms with E-state index in [2.05, 4.69) is 15.1 Å². The van der Waals surface area contributed by atoms with E-state index in [1.165, 1.54) is 23.9 Å². The van der Waals surface area contributed by atoms with Gasteiger partial charge in [-0.05, 0) is 18.2 Å². The van der Waals surface area contributed by atoms with Gasteiger partial charge < -0.3 is 15.9 Å². The van der Waals surface area contributed by atoms with Crippen molar-refractivity contribution in [2.45, 2.75) is 5.16 Å². The summed E-state index contributed by atoms with van der Waals surface area (Å²) in [5.41, 5.74) is 1.80. The number of nitrogens with one attached hydrogen (secondary N) is 1. The standard InChI is InChI=1S/C17H14N4O3S/c18-21-15(10-5-1-2-6-11(10)16(23)24)14(22)9-25-17-19-12-7-3-4-8-13(12)20-17/h1-8H,9,18H2,(H,19,20)(H,23,24)/b21-15+. The number of imidazole rings is 1.